The van der Waals surface area contributed by atoms with Crippen molar-refractivity contribution in [1.29, 1.82) is 0 Å². The minimum atomic E-state index is -0.0945. The largest absolute Gasteiger partial charge is 0.372 e. The standard InChI is InChI=1S/C16H22N6OS/c1-11-6-8-22(9-7-11)13-4-2-12(3-5-13)18-14(23)10-24-16-19-15(17)20-21-16/h2-5,11H,6-10H2,1H3,(H,18,23)(H3,17,19,20,21). The summed E-state index contributed by atoms with van der Waals surface area (Å²) >= 11 is 1.24. The Bertz CT molecular complexity index is 678. The molecule has 1 aliphatic rings. The van der Waals surface area contributed by atoms with E-state index >= 15 is 0 Å². The third-order valence-corrected chi connectivity index (χ3v) is 4.96. The summed E-state index contributed by atoms with van der Waals surface area (Å²) < 4.78 is 0. The molecule has 0 atom stereocenters. The van der Waals surface area contributed by atoms with E-state index in [-0.39, 0.29) is 17.6 Å². The molecule has 0 aliphatic carbocycles. The number of nitrogens with zero attached hydrogens (tertiary/aromatic N) is 3. The van der Waals surface area contributed by atoms with E-state index in [4.69, 9.17) is 5.73 Å². The van der Waals surface area contributed by atoms with Gasteiger partial charge in [-0.1, -0.05) is 18.7 Å². The maximum Gasteiger partial charge on any atom is 0.234 e. The summed E-state index contributed by atoms with van der Waals surface area (Å²) in [4.78, 5) is 18.3. The van der Waals surface area contributed by atoms with E-state index in [1.807, 2.05) is 12.1 Å². The summed E-state index contributed by atoms with van der Waals surface area (Å²) in [7, 11) is 0. The molecular weight excluding hydrogens is 324 g/mol. The highest BCUT2D eigenvalue weighted by Crippen LogP contribution is 2.24. The van der Waals surface area contributed by atoms with E-state index in [9.17, 15) is 4.79 Å². The fourth-order valence-corrected chi connectivity index (χ4v) is 3.28. The van der Waals surface area contributed by atoms with Crippen molar-refractivity contribution >= 4 is 35.0 Å². The van der Waals surface area contributed by atoms with Crippen molar-refractivity contribution in [2.45, 2.75) is 24.9 Å². The second kappa shape index (κ2) is 7.57. The van der Waals surface area contributed by atoms with Crippen LogP contribution in [0.4, 0.5) is 17.3 Å². The Morgan fingerprint density at radius 1 is 1.38 bits per heavy atom. The van der Waals surface area contributed by atoms with Crippen LogP contribution in [0.3, 0.4) is 0 Å². The van der Waals surface area contributed by atoms with Gasteiger partial charge in [0.15, 0.2) is 0 Å². The molecule has 24 heavy (non-hydrogen) atoms. The summed E-state index contributed by atoms with van der Waals surface area (Å²) in [5.41, 5.74) is 7.45. The zero-order chi connectivity index (χ0) is 16.9. The van der Waals surface area contributed by atoms with Crippen molar-refractivity contribution in [3.63, 3.8) is 0 Å². The average molecular weight is 346 g/mol. The Kier molecular flexibility index (Phi) is 5.24. The predicted octanol–water partition coefficient (Wildman–Crippen LogP) is 2.35. The van der Waals surface area contributed by atoms with Crippen LogP contribution < -0.4 is 16.0 Å². The van der Waals surface area contributed by atoms with Gasteiger partial charge in [0.2, 0.25) is 17.0 Å². The van der Waals surface area contributed by atoms with Crippen LogP contribution in [0.1, 0.15) is 19.8 Å². The van der Waals surface area contributed by atoms with Gasteiger partial charge in [0.05, 0.1) is 5.75 Å². The van der Waals surface area contributed by atoms with E-state index in [1.54, 1.807) is 0 Å². The molecule has 1 saturated heterocycles. The zero-order valence-electron chi connectivity index (χ0n) is 13.7. The molecular formula is C16H22N6OS. The first-order valence-electron chi connectivity index (χ1n) is 8.05. The summed E-state index contributed by atoms with van der Waals surface area (Å²) in [6, 6.07) is 8.02. The molecule has 4 N–H and O–H groups in total. The lowest BCUT2D eigenvalue weighted by Crippen LogP contribution is -2.32. The second-order valence-electron chi connectivity index (χ2n) is 6.06. The highest BCUT2D eigenvalue weighted by Gasteiger charge is 2.16. The van der Waals surface area contributed by atoms with Gasteiger partial charge in [-0.3, -0.25) is 4.79 Å². The number of hydrogen-bond donors (Lipinski definition) is 3. The van der Waals surface area contributed by atoms with Gasteiger partial charge in [0.25, 0.3) is 0 Å². The van der Waals surface area contributed by atoms with Crippen molar-refractivity contribution in [3.8, 4) is 0 Å². The maximum absolute atomic E-state index is 12.0. The Hall–Kier alpha value is -2.22. The SMILES string of the molecule is CC1CCN(c2ccc(NC(=O)CSc3n[nH]c(N)n3)cc2)CC1. The molecule has 1 aromatic carbocycles. The lowest BCUT2D eigenvalue weighted by molar-refractivity contribution is -0.113. The molecule has 0 spiro atoms. The van der Waals surface area contributed by atoms with Gasteiger partial charge < -0.3 is 16.0 Å². The summed E-state index contributed by atoms with van der Waals surface area (Å²) in [5, 5.41) is 9.77. The van der Waals surface area contributed by atoms with Gasteiger partial charge in [0.1, 0.15) is 0 Å². The Morgan fingerprint density at radius 3 is 2.71 bits per heavy atom. The molecule has 0 bridgehead atoms. The van der Waals surface area contributed by atoms with Gasteiger partial charge in [-0.05, 0) is 43.0 Å². The number of nitrogens with one attached hydrogen (secondary N) is 2. The molecule has 2 aromatic rings. The van der Waals surface area contributed by atoms with Gasteiger partial charge in [-0.2, -0.15) is 4.98 Å². The minimum absolute atomic E-state index is 0.0945. The second-order valence-corrected chi connectivity index (χ2v) is 7.00. The third-order valence-electron chi connectivity index (χ3n) is 4.11. The Morgan fingerprint density at radius 2 is 2.08 bits per heavy atom. The molecule has 7 nitrogen and oxygen atoms in total. The molecule has 1 fully saturated rings. The van der Waals surface area contributed by atoms with Crippen molar-refractivity contribution in [2.75, 3.05) is 34.8 Å². The summed E-state index contributed by atoms with van der Waals surface area (Å²) in [5.74, 6) is 1.21. The first kappa shape index (κ1) is 16.6. The smallest absolute Gasteiger partial charge is 0.234 e. The number of carbonyl (C=O) groups is 1. The maximum atomic E-state index is 12.0. The Labute approximate surface area is 145 Å². The molecule has 8 heteroatoms. The number of piperidine rings is 1. The molecule has 1 amide bonds. The van der Waals surface area contributed by atoms with E-state index in [2.05, 4.69) is 44.5 Å². The van der Waals surface area contributed by atoms with Crippen molar-refractivity contribution in [1.82, 2.24) is 15.2 Å². The van der Waals surface area contributed by atoms with Crippen LogP contribution in [0.5, 0.6) is 0 Å². The monoisotopic (exact) mass is 346 g/mol. The van der Waals surface area contributed by atoms with Crippen molar-refractivity contribution < 1.29 is 4.79 Å². The van der Waals surface area contributed by atoms with Crippen LogP contribution in [0.15, 0.2) is 29.4 Å². The fourth-order valence-electron chi connectivity index (χ4n) is 2.67. The fraction of sp³-hybridized carbons (Fsp3) is 0.438. The molecule has 0 saturated carbocycles. The molecule has 2 heterocycles. The van der Waals surface area contributed by atoms with Crippen LogP contribution in [-0.4, -0.2) is 39.9 Å². The van der Waals surface area contributed by atoms with E-state index < -0.39 is 0 Å². The van der Waals surface area contributed by atoms with Crippen LogP contribution in [-0.2, 0) is 4.79 Å². The number of nitrogen functional groups attached to an aromatic ring is 1. The number of benzene rings is 1. The van der Waals surface area contributed by atoms with Gasteiger partial charge in [0, 0.05) is 24.5 Å². The lowest BCUT2D eigenvalue weighted by atomic mass is 9.99. The van der Waals surface area contributed by atoms with Crippen LogP contribution >= 0.6 is 11.8 Å². The molecule has 128 valence electrons. The normalized spacial score (nSPS) is 15.5. The molecule has 3 rings (SSSR count). The topological polar surface area (TPSA) is 99.9 Å². The molecule has 0 radical (unpaired) electrons. The molecule has 1 aromatic heterocycles. The predicted molar refractivity (Wildman–Crippen MR) is 97.2 cm³/mol. The third kappa shape index (κ3) is 4.41. The zero-order valence-corrected chi connectivity index (χ0v) is 14.5. The van der Waals surface area contributed by atoms with E-state index in [0.717, 1.165) is 24.7 Å². The van der Waals surface area contributed by atoms with Crippen molar-refractivity contribution in [3.05, 3.63) is 24.3 Å². The van der Waals surface area contributed by atoms with Crippen LogP contribution in [0, 0.1) is 5.92 Å². The number of anilines is 3. The number of amides is 1. The first-order valence-corrected chi connectivity index (χ1v) is 9.04. The number of rotatable bonds is 5. The summed E-state index contributed by atoms with van der Waals surface area (Å²) in [6.45, 7) is 4.51. The number of aromatic amines is 1. The lowest BCUT2D eigenvalue weighted by Gasteiger charge is -2.32. The van der Waals surface area contributed by atoms with Crippen LogP contribution in [0.2, 0.25) is 0 Å². The molecule has 0 unspecified atom stereocenters. The molecule has 1 aliphatic heterocycles. The number of carbonyl (C=O) groups excluding carboxylic acids is 1. The quantitative estimate of drug-likeness (QED) is 0.719. The highest BCUT2D eigenvalue weighted by molar-refractivity contribution is 7.99. The number of aromatic nitrogens is 3. The van der Waals surface area contributed by atoms with E-state index in [0.29, 0.717) is 5.16 Å². The first-order chi connectivity index (χ1) is 11.6. The number of nitrogens with two attached hydrogens (primary N) is 1. The number of hydrogen-bond acceptors (Lipinski definition) is 6. The average Bonchev–Trinajstić information content (AvgIpc) is 3.00. The highest BCUT2D eigenvalue weighted by atomic mass is 32.2. The van der Waals surface area contributed by atoms with Crippen LogP contribution in [0.25, 0.3) is 0 Å². The number of thioether (sulfide) groups is 1. The van der Waals surface area contributed by atoms with Gasteiger partial charge >= 0.3 is 0 Å². The number of H-pyrrole nitrogens is 1. The Balaban J connectivity index is 1.49. The van der Waals surface area contributed by atoms with Gasteiger partial charge in [-0.25, -0.2) is 5.10 Å². The van der Waals surface area contributed by atoms with E-state index in [1.165, 1.54) is 30.3 Å². The van der Waals surface area contributed by atoms with Gasteiger partial charge in [-0.15, -0.1) is 5.10 Å². The van der Waals surface area contributed by atoms with Crippen molar-refractivity contribution in [2.24, 2.45) is 5.92 Å². The minimum Gasteiger partial charge on any atom is -0.372 e. The summed E-state index contributed by atoms with van der Waals surface area (Å²) in [6.07, 6.45) is 2.48.